The largest absolute Gasteiger partial charge is 0.327 e. The summed E-state index contributed by atoms with van der Waals surface area (Å²) in [4.78, 5) is 23.2. The van der Waals surface area contributed by atoms with Crippen LogP contribution in [0.5, 0.6) is 0 Å². The first-order chi connectivity index (χ1) is 9.15. The average Bonchev–Trinajstić information content (AvgIpc) is 2.91. The minimum atomic E-state index is -0.712. The van der Waals surface area contributed by atoms with Crippen LogP contribution in [0.4, 0.5) is 5.69 Å². The molecule has 0 atom stereocenters. The van der Waals surface area contributed by atoms with Gasteiger partial charge in [0.1, 0.15) is 0 Å². The van der Waals surface area contributed by atoms with E-state index < -0.39 is 11.8 Å². The standard InChI is InChI=1S/C13H14BrN3O2/c14-9-5-7-10(8-6-9)15-12(18)13(19)17-16-11-3-1-2-4-11/h3,5-8,16H,1-2,4H2,(H,15,18)(H,17,19). The summed E-state index contributed by atoms with van der Waals surface area (Å²) in [5.74, 6) is -1.41. The second kappa shape index (κ2) is 6.38. The molecule has 0 aliphatic heterocycles. The molecule has 0 spiro atoms. The molecule has 0 aromatic heterocycles. The van der Waals surface area contributed by atoms with Gasteiger partial charge in [-0.1, -0.05) is 22.0 Å². The third-order valence-electron chi connectivity index (χ3n) is 2.69. The van der Waals surface area contributed by atoms with Crippen LogP contribution < -0.4 is 16.2 Å². The second-order valence-corrected chi connectivity index (χ2v) is 5.08. The molecule has 5 nitrogen and oxygen atoms in total. The molecule has 1 aromatic rings. The number of nitrogens with one attached hydrogen (secondary N) is 3. The van der Waals surface area contributed by atoms with E-state index in [1.807, 2.05) is 6.08 Å². The summed E-state index contributed by atoms with van der Waals surface area (Å²) in [7, 11) is 0. The van der Waals surface area contributed by atoms with E-state index in [1.165, 1.54) is 0 Å². The van der Waals surface area contributed by atoms with Crippen LogP contribution in [0.1, 0.15) is 19.3 Å². The van der Waals surface area contributed by atoms with E-state index in [0.717, 1.165) is 29.4 Å². The predicted octanol–water partition coefficient (Wildman–Crippen LogP) is 2.08. The molecule has 19 heavy (non-hydrogen) atoms. The number of amides is 2. The van der Waals surface area contributed by atoms with Crippen LogP contribution >= 0.6 is 15.9 Å². The van der Waals surface area contributed by atoms with Crippen LogP contribution in [0.25, 0.3) is 0 Å². The first-order valence-electron chi connectivity index (χ1n) is 5.97. The number of hydrazine groups is 1. The van der Waals surface area contributed by atoms with Gasteiger partial charge in [0.05, 0.1) is 0 Å². The lowest BCUT2D eigenvalue weighted by Gasteiger charge is -2.09. The molecule has 0 fully saturated rings. The molecule has 1 aromatic carbocycles. The summed E-state index contributed by atoms with van der Waals surface area (Å²) >= 11 is 3.29. The maximum Gasteiger partial charge on any atom is 0.327 e. The van der Waals surface area contributed by atoms with E-state index in [9.17, 15) is 9.59 Å². The normalized spacial score (nSPS) is 13.6. The van der Waals surface area contributed by atoms with E-state index in [-0.39, 0.29) is 0 Å². The van der Waals surface area contributed by atoms with Gasteiger partial charge in [-0.2, -0.15) is 0 Å². The Labute approximate surface area is 119 Å². The van der Waals surface area contributed by atoms with Crippen molar-refractivity contribution in [1.29, 1.82) is 0 Å². The Kier molecular flexibility index (Phi) is 4.57. The highest BCUT2D eigenvalue weighted by molar-refractivity contribution is 9.10. The summed E-state index contributed by atoms with van der Waals surface area (Å²) < 4.78 is 0.907. The molecule has 0 saturated carbocycles. The monoisotopic (exact) mass is 323 g/mol. The molecule has 0 heterocycles. The molecule has 0 radical (unpaired) electrons. The lowest BCUT2D eigenvalue weighted by molar-refractivity contribution is -0.136. The number of halogens is 1. The maximum atomic E-state index is 11.6. The fourth-order valence-electron chi connectivity index (χ4n) is 1.70. The number of hydrogen-bond donors (Lipinski definition) is 3. The van der Waals surface area contributed by atoms with Gasteiger partial charge in [0.25, 0.3) is 0 Å². The SMILES string of the molecule is O=C(NNC1=CCCC1)C(=O)Nc1ccc(Br)cc1. The Morgan fingerprint density at radius 3 is 2.47 bits per heavy atom. The molecule has 2 amide bonds. The molecule has 100 valence electrons. The van der Waals surface area contributed by atoms with Crippen LogP contribution in [0.15, 0.2) is 40.5 Å². The zero-order chi connectivity index (χ0) is 13.7. The molecule has 3 N–H and O–H groups in total. The number of carbonyl (C=O) groups excluding carboxylic acids is 2. The van der Waals surface area contributed by atoms with Crippen molar-refractivity contribution >= 4 is 33.4 Å². The third kappa shape index (κ3) is 4.10. The van der Waals surface area contributed by atoms with E-state index in [1.54, 1.807) is 24.3 Å². The fourth-order valence-corrected chi connectivity index (χ4v) is 1.96. The van der Waals surface area contributed by atoms with Crippen LogP contribution in [-0.4, -0.2) is 11.8 Å². The van der Waals surface area contributed by atoms with Crippen molar-refractivity contribution in [2.24, 2.45) is 0 Å². The van der Waals surface area contributed by atoms with Gasteiger partial charge in [0, 0.05) is 15.9 Å². The number of hydrogen-bond acceptors (Lipinski definition) is 3. The predicted molar refractivity (Wildman–Crippen MR) is 76.0 cm³/mol. The van der Waals surface area contributed by atoms with Gasteiger partial charge in [0.2, 0.25) is 0 Å². The first-order valence-corrected chi connectivity index (χ1v) is 6.76. The molecular formula is C13H14BrN3O2. The number of rotatable bonds is 3. The number of anilines is 1. The van der Waals surface area contributed by atoms with Gasteiger partial charge in [-0.05, 0) is 43.5 Å². The second-order valence-electron chi connectivity index (χ2n) is 4.16. The highest BCUT2D eigenvalue weighted by Gasteiger charge is 2.14. The van der Waals surface area contributed by atoms with Crippen LogP contribution in [0, 0.1) is 0 Å². The van der Waals surface area contributed by atoms with Crippen molar-refractivity contribution in [2.75, 3.05) is 5.32 Å². The van der Waals surface area contributed by atoms with Crippen molar-refractivity contribution in [2.45, 2.75) is 19.3 Å². The van der Waals surface area contributed by atoms with Crippen molar-refractivity contribution in [3.05, 3.63) is 40.5 Å². The number of carbonyl (C=O) groups is 2. The highest BCUT2D eigenvalue weighted by Crippen LogP contribution is 2.14. The third-order valence-corrected chi connectivity index (χ3v) is 3.21. The molecule has 1 aliphatic carbocycles. The molecule has 0 bridgehead atoms. The van der Waals surface area contributed by atoms with E-state index in [2.05, 4.69) is 32.1 Å². The van der Waals surface area contributed by atoms with Gasteiger partial charge < -0.3 is 10.7 Å². The zero-order valence-electron chi connectivity index (χ0n) is 10.2. The Morgan fingerprint density at radius 2 is 1.84 bits per heavy atom. The Morgan fingerprint density at radius 1 is 1.11 bits per heavy atom. The molecule has 0 unspecified atom stereocenters. The minimum absolute atomic E-state index is 0.573. The first kappa shape index (κ1) is 13.6. The molecule has 1 aliphatic rings. The van der Waals surface area contributed by atoms with Crippen molar-refractivity contribution in [3.63, 3.8) is 0 Å². The van der Waals surface area contributed by atoms with Gasteiger partial charge in [-0.15, -0.1) is 0 Å². The molecule has 6 heteroatoms. The van der Waals surface area contributed by atoms with Crippen LogP contribution in [-0.2, 0) is 9.59 Å². The van der Waals surface area contributed by atoms with Gasteiger partial charge in [0.15, 0.2) is 0 Å². The summed E-state index contributed by atoms with van der Waals surface area (Å²) in [6, 6.07) is 6.99. The van der Waals surface area contributed by atoms with Gasteiger partial charge >= 0.3 is 11.8 Å². The van der Waals surface area contributed by atoms with Crippen molar-refractivity contribution in [1.82, 2.24) is 10.9 Å². The Bertz CT molecular complexity index is 511. The molecule has 0 saturated heterocycles. The minimum Gasteiger partial charge on any atom is -0.318 e. The lowest BCUT2D eigenvalue weighted by Crippen LogP contribution is -2.43. The summed E-state index contributed by atoms with van der Waals surface area (Å²) in [5, 5.41) is 2.51. The summed E-state index contributed by atoms with van der Waals surface area (Å²) in [6.07, 6.45) is 4.98. The van der Waals surface area contributed by atoms with Crippen molar-refractivity contribution in [3.8, 4) is 0 Å². The Balaban J connectivity index is 1.81. The highest BCUT2D eigenvalue weighted by atomic mass is 79.9. The smallest absolute Gasteiger partial charge is 0.318 e. The quantitative estimate of drug-likeness (QED) is 0.589. The lowest BCUT2D eigenvalue weighted by atomic mass is 10.3. The number of allylic oxidation sites excluding steroid dienone is 2. The van der Waals surface area contributed by atoms with E-state index in [0.29, 0.717) is 5.69 Å². The van der Waals surface area contributed by atoms with Crippen LogP contribution in [0.2, 0.25) is 0 Å². The average molecular weight is 324 g/mol. The maximum absolute atomic E-state index is 11.6. The number of benzene rings is 1. The van der Waals surface area contributed by atoms with E-state index >= 15 is 0 Å². The molecule has 2 rings (SSSR count). The van der Waals surface area contributed by atoms with Crippen LogP contribution in [0.3, 0.4) is 0 Å². The van der Waals surface area contributed by atoms with Crippen molar-refractivity contribution < 1.29 is 9.59 Å². The summed E-state index contributed by atoms with van der Waals surface area (Å²) in [6.45, 7) is 0. The summed E-state index contributed by atoms with van der Waals surface area (Å²) in [5.41, 5.74) is 6.65. The van der Waals surface area contributed by atoms with Gasteiger partial charge in [-0.3, -0.25) is 15.0 Å². The fraction of sp³-hybridized carbons (Fsp3) is 0.231. The zero-order valence-corrected chi connectivity index (χ0v) is 11.8. The van der Waals surface area contributed by atoms with Gasteiger partial charge in [-0.25, -0.2) is 0 Å². The molecular weight excluding hydrogens is 310 g/mol. The van der Waals surface area contributed by atoms with E-state index in [4.69, 9.17) is 0 Å². The topological polar surface area (TPSA) is 70.2 Å². The Hall–Kier alpha value is -1.82.